The molecule has 12 rings (SSSR count). The first-order chi connectivity index (χ1) is 59.2. The molecule has 0 saturated carbocycles. The number of likely N-dealkylation sites (tertiary alicyclic amines) is 6. The van der Waals surface area contributed by atoms with Crippen LogP contribution in [0.3, 0.4) is 0 Å². The van der Waals surface area contributed by atoms with Crippen molar-refractivity contribution >= 4 is 122 Å². The first kappa shape index (κ1) is 107. The van der Waals surface area contributed by atoms with Gasteiger partial charge in [-0.05, 0) is 379 Å². The van der Waals surface area contributed by atoms with E-state index in [2.05, 4.69) is 126 Å². The van der Waals surface area contributed by atoms with Crippen LogP contribution < -0.4 is 0 Å². The number of benzene rings is 6. The molecule has 4 atom stereocenters. The number of carbonyl (C=O) groups excluding carboxylic acids is 6. The molecule has 0 radical (unpaired) electrons. The Hall–Kier alpha value is -5.61. The summed E-state index contributed by atoms with van der Waals surface area (Å²) in [6.07, 6.45) is 10.9. The molecule has 694 valence electrons. The predicted octanol–water partition coefficient (Wildman–Crippen LogP) is 26.7. The van der Waals surface area contributed by atoms with Crippen LogP contribution in [0, 0.1) is 73.3 Å². The topological polar surface area (TPSA) is 165 Å². The third-order valence-electron chi connectivity index (χ3n) is 26.0. The molecule has 0 spiro atoms. The maximum atomic E-state index is 14.3. The number of non-ortho nitro benzene ring substituents is 1. The standard InChI is InChI=1S/C18H26ClNO.C17H23Cl2NO.2C17H23ClFNO.C17H24ClNO.C16H21ClN2O3/c1-13-5-6-15(16(19)11-13)17(21)12-14-7-9-20(10-8-14)18(2,3)4;1-17(2,3)20-9-7-12(8-10-20)11-15(21)16-13(18)5-4-6-14(16)19;2*1-11(2)20-7-6-13(16(19)10-20)9-17(21)14-5-4-12(3)8-15(14)18;1-12(2)19-8-6-14(7-9-19)11-17(20)15-5-4-13(3)10-16(15)18;1-11(2)18-7-5-12(6-8-18)9-16(20)14-4-3-13(19(21)22)10-15(14)17/h5-6,11,14H,7-10,12H2,1-4H3;4-6,12H,7-11H2,1-3H3;2*4-5,8,11,13,16H,6-7,9-10H2,1-3H3;4-5,10,12,14H,6-9,11H2,1-3H3;3-4,10-12H,5-9H2,1-2H3/t;;2*13-,16-;;/m..10../s1. The molecule has 0 aromatic heterocycles. The van der Waals surface area contributed by atoms with Crippen molar-refractivity contribution in [3.63, 3.8) is 0 Å². The lowest BCUT2D eigenvalue weighted by Crippen LogP contribution is -2.46. The molecule has 6 aromatic rings. The second-order valence-corrected chi connectivity index (χ2v) is 41.7. The average Bonchev–Trinajstić information content (AvgIpc) is 0.828. The summed E-state index contributed by atoms with van der Waals surface area (Å²) in [4.78, 5) is 98.6. The second kappa shape index (κ2) is 50.9. The van der Waals surface area contributed by atoms with Crippen molar-refractivity contribution in [1.29, 1.82) is 0 Å². The molecule has 6 aromatic carbocycles. The van der Waals surface area contributed by atoms with E-state index in [4.69, 9.17) is 81.2 Å². The van der Waals surface area contributed by atoms with Gasteiger partial charge in [-0.2, -0.15) is 0 Å². The first-order valence-electron chi connectivity index (χ1n) is 45.5. The highest BCUT2D eigenvalue weighted by atomic mass is 35.5. The van der Waals surface area contributed by atoms with Crippen LogP contribution in [0.25, 0.3) is 0 Å². The van der Waals surface area contributed by atoms with E-state index in [0.29, 0.717) is 150 Å². The normalized spacial score (nSPS) is 19.6. The summed E-state index contributed by atoms with van der Waals surface area (Å²) in [5.41, 5.74) is 7.84. The monoisotopic (exact) mass is 1870 g/mol. The van der Waals surface area contributed by atoms with Gasteiger partial charge in [-0.25, -0.2) is 8.78 Å². The van der Waals surface area contributed by atoms with E-state index < -0.39 is 17.3 Å². The molecule has 0 unspecified atom stereocenters. The number of ketones is 6. The SMILES string of the molecule is CC(C)(C)N1CCC(CC(=O)c2c(Cl)cccc2Cl)CC1.CC(C)N1CCC(CC(=O)c2ccc([N+](=O)[O-])cc2Cl)CC1.Cc1ccc(C(=O)CC2CCN(C(C)(C)C)CC2)c(Cl)c1.Cc1ccc(C(=O)CC2CCN(C(C)C)CC2)c(Cl)c1.Cc1ccc(C(=O)C[C@@H]2CCN(C(C)C)C[C@@H]2F)c(Cl)c1.Cc1ccc(C(=O)C[C@H]2CCN(C(C)C)C[C@H]2F)c(Cl)c1. The highest BCUT2D eigenvalue weighted by Gasteiger charge is 2.37. The Kier molecular flexibility index (Phi) is 43.4. The molecule has 0 amide bonds. The van der Waals surface area contributed by atoms with Gasteiger partial charge in [0.25, 0.3) is 5.69 Å². The summed E-state index contributed by atoms with van der Waals surface area (Å²) in [7, 11) is 0. The maximum Gasteiger partial charge on any atom is 0.270 e. The number of nitro benzene ring substituents is 1. The Bertz CT molecular complexity index is 4460. The highest BCUT2D eigenvalue weighted by molar-refractivity contribution is 6.40. The average molecular weight is 1880 g/mol. The molecule has 6 saturated heterocycles. The largest absolute Gasteiger partial charge is 0.301 e. The van der Waals surface area contributed by atoms with Crippen molar-refractivity contribution in [2.45, 2.75) is 275 Å². The van der Waals surface area contributed by atoms with E-state index >= 15 is 0 Å². The number of piperidine rings is 6. The Morgan fingerprint density at radius 1 is 0.349 bits per heavy atom. The quantitative estimate of drug-likeness (QED) is 0.0338. The number of hydrogen-bond acceptors (Lipinski definition) is 14. The third-order valence-corrected chi connectivity index (χ3v) is 28.2. The van der Waals surface area contributed by atoms with Crippen LogP contribution in [-0.4, -0.2) is 195 Å². The van der Waals surface area contributed by atoms with E-state index in [-0.39, 0.29) is 81.2 Å². The van der Waals surface area contributed by atoms with Gasteiger partial charge in [-0.1, -0.05) is 112 Å². The molecule has 6 aliphatic heterocycles. The fourth-order valence-corrected chi connectivity index (χ4v) is 19.7. The van der Waals surface area contributed by atoms with E-state index in [0.717, 1.165) is 152 Å². The van der Waals surface area contributed by atoms with Gasteiger partial charge in [0.2, 0.25) is 0 Å². The zero-order chi connectivity index (χ0) is 93.4. The minimum atomic E-state index is -0.936. The lowest BCUT2D eigenvalue weighted by Gasteiger charge is -2.40. The van der Waals surface area contributed by atoms with Crippen LogP contribution in [-0.2, 0) is 0 Å². The Balaban J connectivity index is 0.000000207. The number of nitrogens with zero attached hydrogens (tertiary/aromatic N) is 7. The van der Waals surface area contributed by atoms with Crippen LogP contribution >= 0.6 is 81.2 Å². The summed E-state index contributed by atoms with van der Waals surface area (Å²) in [5.74, 6) is 1.75. The predicted molar refractivity (Wildman–Crippen MR) is 519 cm³/mol. The molecule has 0 aliphatic carbocycles. The molecule has 6 aliphatic rings. The van der Waals surface area contributed by atoms with E-state index in [1.54, 1.807) is 42.5 Å². The summed E-state index contributed by atoms with van der Waals surface area (Å²) in [5, 5.41) is 13.9. The summed E-state index contributed by atoms with van der Waals surface area (Å²) in [6.45, 7) is 49.5. The Labute approximate surface area is 786 Å². The number of carbonyl (C=O) groups is 6. The van der Waals surface area contributed by atoms with Gasteiger partial charge in [0, 0.05) is 127 Å². The van der Waals surface area contributed by atoms with Gasteiger partial charge >= 0.3 is 0 Å². The molecule has 0 bridgehead atoms. The van der Waals surface area contributed by atoms with E-state index in [1.807, 2.05) is 76.2 Å². The van der Waals surface area contributed by atoms with Crippen molar-refractivity contribution in [2.75, 3.05) is 78.5 Å². The number of aryl methyl sites for hydroxylation is 4. The summed E-state index contributed by atoms with van der Waals surface area (Å²) in [6, 6.07) is 33.3. The van der Waals surface area contributed by atoms with Crippen LogP contribution in [0.4, 0.5) is 14.5 Å². The van der Waals surface area contributed by atoms with Gasteiger partial charge in [0.1, 0.15) is 12.3 Å². The minimum absolute atomic E-state index is 0.0251. The van der Waals surface area contributed by atoms with Gasteiger partial charge in [0.05, 0.1) is 45.6 Å². The molecule has 15 nitrogen and oxygen atoms in total. The maximum absolute atomic E-state index is 14.3. The molecule has 126 heavy (non-hydrogen) atoms. The summed E-state index contributed by atoms with van der Waals surface area (Å²) >= 11 is 42.9. The van der Waals surface area contributed by atoms with Crippen molar-refractivity contribution in [3.05, 3.63) is 210 Å². The van der Waals surface area contributed by atoms with Gasteiger partial charge < -0.3 is 9.80 Å². The molecular weight excluding hydrogens is 1740 g/mol. The molecule has 0 N–H and O–H groups in total. The van der Waals surface area contributed by atoms with Crippen molar-refractivity contribution < 1.29 is 42.5 Å². The minimum Gasteiger partial charge on any atom is -0.301 e. The number of alkyl halides is 2. The fraction of sp³-hybridized carbons (Fsp3) is 0.588. The third kappa shape index (κ3) is 33.9. The lowest BCUT2D eigenvalue weighted by atomic mass is 9.88. The zero-order valence-corrected chi connectivity index (χ0v) is 83.2. The van der Waals surface area contributed by atoms with Gasteiger partial charge in [-0.15, -0.1) is 0 Å². The van der Waals surface area contributed by atoms with Crippen LogP contribution in [0.1, 0.15) is 284 Å². The van der Waals surface area contributed by atoms with Crippen molar-refractivity contribution in [2.24, 2.45) is 35.5 Å². The first-order valence-corrected chi connectivity index (χ1v) is 48.2. The highest BCUT2D eigenvalue weighted by Crippen LogP contribution is 2.37. The molecule has 6 heterocycles. The molecule has 6 fully saturated rings. The van der Waals surface area contributed by atoms with E-state index in [9.17, 15) is 47.7 Å². The lowest BCUT2D eigenvalue weighted by molar-refractivity contribution is -0.384. The molecular formula is C102H140Cl7F2N7O8. The van der Waals surface area contributed by atoms with Gasteiger partial charge in [0.15, 0.2) is 34.7 Å². The van der Waals surface area contributed by atoms with Crippen molar-refractivity contribution in [1.82, 2.24) is 29.4 Å². The number of hydrogen-bond donors (Lipinski definition) is 0. The van der Waals surface area contributed by atoms with E-state index in [1.165, 1.54) is 18.2 Å². The number of nitro groups is 1. The number of halogens is 9. The Morgan fingerprint density at radius 2 is 0.595 bits per heavy atom. The molecule has 24 heteroatoms. The smallest absolute Gasteiger partial charge is 0.270 e. The number of Topliss-reactive ketones (excluding diaryl/α,β-unsaturated/α-hetero) is 6. The second-order valence-electron chi connectivity index (χ2n) is 38.9. The zero-order valence-electron chi connectivity index (χ0n) is 77.9. The van der Waals surface area contributed by atoms with Crippen LogP contribution in [0.5, 0.6) is 0 Å². The summed E-state index contributed by atoms with van der Waals surface area (Å²) < 4.78 is 28.5. The van der Waals surface area contributed by atoms with Crippen LogP contribution in [0.2, 0.25) is 35.2 Å². The number of rotatable bonds is 23. The van der Waals surface area contributed by atoms with Gasteiger partial charge in [-0.3, -0.25) is 58.5 Å². The fourth-order valence-electron chi connectivity index (χ4n) is 17.5. The van der Waals surface area contributed by atoms with Crippen molar-refractivity contribution in [3.8, 4) is 0 Å². The van der Waals surface area contributed by atoms with Crippen LogP contribution in [0.15, 0.2) is 109 Å². The Morgan fingerprint density at radius 3 is 0.841 bits per heavy atom.